The van der Waals surface area contributed by atoms with Crippen molar-refractivity contribution in [1.82, 2.24) is 4.98 Å². The van der Waals surface area contributed by atoms with Gasteiger partial charge in [0.2, 0.25) is 0 Å². The van der Waals surface area contributed by atoms with Crippen molar-refractivity contribution in [2.75, 3.05) is 0 Å². The molecule has 0 saturated heterocycles. The summed E-state index contributed by atoms with van der Waals surface area (Å²) in [5.74, 6) is 0. The van der Waals surface area contributed by atoms with Crippen molar-refractivity contribution in [3.05, 3.63) is 78.9 Å². The van der Waals surface area contributed by atoms with Gasteiger partial charge in [-0.05, 0) is 0 Å². The fourth-order valence-electron chi connectivity index (χ4n) is 3.21. The van der Waals surface area contributed by atoms with Gasteiger partial charge in [0, 0.05) is 0 Å². The topological polar surface area (TPSA) is 12.9 Å². The Morgan fingerprint density at radius 3 is 2.22 bits per heavy atom. The zero-order valence-electron chi connectivity index (χ0n) is 12.4. The van der Waals surface area contributed by atoms with Gasteiger partial charge in [-0.15, -0.1) is 0 Å². The molecular weight excluding hydrogens is 345 g/mol. The first-order valence-electron chi connectivity index (χ1n) is 7.67. The molecule has 5 aromatic rings. The average Bonchev–Trinajstić information content (AvgIpc) is 3.02. The summed E-state index contributed by atoms with van der Waals surface area (Å²) in [4.78, 5) is 5.03. The molecule has 0 aliphatic carbocycles. The number of pyridine rings is 1. The molecule has 2 aromatic heterocycles. The minimum atomic E-state index is 0.345. The summed E-state index contributed by atoms with van der Waals surface area (Å²) in [6.45, 7) is 0. The molecule has 2 heterocycles. The first-order chi connectivity index (χ1) is 11.4. The van der Waals surface area contributed by atoms with Crippen molar-refractivity contribution in [3.8, 4) is 11.3 Å². The summed E-state index contributed by atoms with van der Waals surface area (Å²) in [5, 5.41) is 4.00. The third kappa shape index (κ3) is 1.96. The number of benzene rings is 3. The van der Waals surface area contributed by atoms with Crippen molar-refractivity contribution >= 4 is 44.7 Å². The predicted molar refractivity (Wildman–Crippen MR) is 99.1 cm³/mol. The average molecular weight is 358 g/mol. The summed E-state index contributed by atoms with van der Waals surface area (Å²) in [7, 11) is 0. The molecule has 0 bridgehead atoms. The molecule has 108 valence electrons. The number of fused-ring (bicyclic) bond motifs is 5. The van der Waals surface area contributed by atoms with Crippen LogP contribution in [0.1, 0.15) is 0 Å². The normalized spacial score (nSPS) is 11.5. The Hall–Kier alpha value is -2.41. The number of aromatic nitrogens is 1. The van der Waals surface area contributed by atoms with Crippen LogP contribution in [0.5, 0.6) is 0 Å². The van der Waals surface area contributed by atoms with Gasteiger partial charge in [-0.1, -0.05) is 0 Å². The molecule has 5 rings (SSSR count). The summed E-state index contributed by atoms with van der Waals surface area (Å²) in [5.41, 5.74) is 3.41. The fourth-order valence-corrected chi connectivity index (χ4v) is 5.81. The van der Waals surface area contributed by atoms with Crippen LogP contribution in [-0.2, 0) is 0 Å². The van der Waals surface area contributed by atoms with Gasteiger partial charge < -0.3 is 0 Å². The molecule has 23 heavy (non-hydrogen) atoms. The second-order valence-electron chi connectivity index (χ2n) is 5.65. The van der Waals surface area contributed by atoms with E-state index >= 15 is 0 Å². The first-order valence-corrected chi connectivity index (χ1v) is 9.38. The zero-order chi connectivity index (χ0) is 15.2. The van der Waals surface area contributed by atoms with Crippen LogP contribution in [0.15, 0.2) is 78.9 Å². The minimum absolute atomic E-state index is 0.345. The van der Waals surface area contributed by atoms with E-state index in [4.69, 9.17) is 4.98 Å². The van der Waals surface area contributed by atoms with Crippen molar-refractivity contribution in [1.29, 1.82) is 0 Å². The third-order valence-electron chi connectivity index (χ3n) is 4.26. The van der Waals surface area contributed by atoms with E-state index in [2.05, 4.69) is 78.9 Å². The van der Waals surface area contributed by atoms with E-state index in [0.29, 0.717) is 14.5 Å². The monoisotopic (exact) mass is 359 g/mol. The molecule has 0 aliphatic rings. The molecule has 0 fully saturated rings. The van der Waals surface area contributed by atoms with Gasteiger partial charge in [0.05, 0.1) is 0 Å². The summed E-state index contributed by atoms with van der Waals surface area (Å²) in [6, 6.07) is 27.9. The summed E-state index contributed by atoms with van der Waals surface area (Å²) in [6.07, 6.45) is 0. The second-order valence-corrected chi connectivity index (χ2v) is 7.85. The molecule has 0 N–H and O–H groups in total. The van der Waals surface area contributed by atoms with Gasteiger partial charge in [0.1, 0.15) is 0 Å². The molecule has 0 atom stereocenters. The molecule has 0 saturated carbocycles. The molecule has 1 nitrogen and oxygen atoms in total. The number of rotatable bonds is 1. The molecule has 0 unspecified atom stereocenters. The number of hydrogen-bond acceptors (Lipinski definition) is 1. The number of para-hydroxylation sites is 1. The van der Waals surface area contributed by atoms with Crippen LogP contribution >= 0.6 is 0 Å². The Balaban J connectivity index is 2.06. The zero-order valence-corrected chi connectivity index (χ0v) is 14.1. The van der Waals surface area contributed by atoms with Gasteiger partial charge in [0.25, 0.3) is 0 Å². The van der Waals surface area contributed by atoms with E-state index in [1.165, 1.54) is 30.2 Å². The Bertz CT molecular complexity index is 1160. The van der Waals surface area contributed by atoms with Crippen LogP contribution in [0.3, 0.4) is 0 Å². The Labute approximate surface area is 140 Å². The van der Waals surface area contributed by atoms with Crippen LogP contribution < -0.4 is 0 Å². The SMILES string of the molecule is c1ccc(-c2nc3ccccc3c3[se]c4ccccc4c23)cc1. The van der Waals surface area contributed by atoms with E-state index in [1.807, 2.05) is 0 Å². The summed E-state index contributed by atoms with van der Waals surface area (Å²) < 4.78 is 2.94. The Kier molecular flexibility index (Phi) is 2.87. The Morgan fingerprint density at radius 2 is 1.35 bits per heavy atom. The quantitative estimate of drug-likeness (QED) is 0.372. The predicted octanol–water partition coefficient (Wildman–Crippen LogP) is 5.27. The Morgan fingerprint density at radius 1 is 0.652 bits per heavy atom. The van der Waals surface area contributed by atoms with E-state index < -0.39 is 0 Å². The van der Waals surface area contributed by atoms with Gasteiger partial charge >= 0.3 is 140 Å². The van der Waals surface area contributed by atoms with Crippen molar-refractivity contribution < 1.29 is 0 Å². The van der Waals surface area contributed by atoms with E-state index in [-0.39, 0.29) is 0 Å². The molecular formula is C21H13NSe. The van der Waals surface area contributed by atoms with Crippen molar-refractivity contribution in [2.45, 2.75) is 0 Å². The second kappa shape index (κ2) is 5.06. The standard InChI is InChI=1S/C21H13NSe/c1-2-8-14(9-3-1)20-19-16-11-5-7-13-18(16)23-21(19)15-10-4-6-12-17(15)22-20/h1-13H. The van der Waals surface area contributed by atoms with Crippen LogP contribution in [0.25, 0.3) is 41.5 Å². The number of hydrogen-bond donors (Lipinski definition) is 0. The van der Waals surface area contributed by atoms with E-state index in [1.54, 1.807) is 0 Å². The van der Waals surface area contributed by atoms with Gasteiger partial charge in [-0.2, -0.15) is 0 Å². The van der Waals surface area contributed by atoms with Crippen LogP contribution in [-0.4, -0.2) is 19.5 Å². The van der Waals surface area contributed by atoms with Crippen molar-refractivity contribution in [3.63, 3.8) is 0 Å². The summed E-state index contributed by atoms with van der Waals surface area (Å²) >= 11 is 0.345. The molecule has 0 aliphatic heterocycles. The third-order valence-corrected chi connectivity index (χ3v) is 6.79. The van der Waals surface area contributed by atoms with Crippen LogP contribution in [0, 0.1) is 0 Å². The van der Waals surface area contributed by atoms with E-state index in [0.717, 1.165) is 11.2 Å². The molecule has 0 spiro atoms. The van der Waals surface area contributed by atoms with Gasteiger partial charge in [-0.25, -0.2) is 0 Å². The van der Waals surface area contributed by atoms with Gasteiger partial charge in [0.15, 0.2) is 0 Å². The number of nitrogens with zero attached hydrogens (tertiary/aromatic N) is 1. The molecule has 0 radical (unpaired) electrons. The first kappa shape index (κ1) is 13.1. The van der Waals surface area contributed by atoms with E-state index in [9.17, 15) is 0 Å². The molecule has 3 aromatic carbocycles. The van der Waals surface area contributed by atoms with Crippen LogP contribution in [0.4, 0.5) is 0 Å². The van der Waals surface area contributed by atoms with Gasteiger partial charge in [-0.3, -0.25) is 0 Å². The maximum atomic E-state index is 5.03. The van der Waals surface area contributed by atoms with Crippen LogP contribution in [0.2, 0.25) is 0 Å². The maximum absolute atomic E-state index is 5.03. The molecule has 0 amide bonds. The van der Waals surface area contributed by atoms with Crippen molar-refractivity contribution in [2.24, 2.45) is 0 Å². The molecule has 2 heteroatoms. The fraction of sp³-hybridized carbons (Fsp3) is 0.